The number of halogens is 1. The monoisotopic (exact) mass is 433 g/mol. The highest BCUT2D eigenvalue weighted by Gasteiger charge is 2.14. The second-order valence-electron chi connectivity index (χ2n) is 6.99. The smallest absolute Gasteiger partial charge is 0.259 e. The number of rotatable bonds is 9. The van der Waals surface area contributed by atoms with E-state index in [9.17, 15) is 4.79 Å². The van der Waals surface area contributed by atoms with E-state index in [-0.39, 0.29) is 12.0 Å². The van der Waals surface area contributed by atoms with E-state index in [1.807, 2.05) is 43.3 Å². The molecule has 0 fully saturated rings. The first-order chi connectivity index (χ1) is 12.9. The van der Waals surface area contributed by atoms with E-state index in [0.717, 1.165) is 23.1 Å². The molecule has 1 unspecified atom stereocenters. The van der Waals surface area contributed by atoms with Crippen LogP contribution in [0.1, 0.15) is 50.9 Å². The molecule has 0 radical (unpaired) electrons. The third kappa shape index (κ3) is 6.90. The summed E-state index contributed by atoms with van der Waals surface area (Å²) in [5.41, 5.74) is 1.19. The molecule has 1 N–H and O–H groups in total. The second-order valence-corrected chi connectivity index (χ2v) is 7.91. The molecule has 0 heterocycles. The second kappa shape index (κ2) is 10.4. The molecule has 2 aromatic carbocycles. The molecule has 0 saturated heterocycles. The Morgan fingerprint density at radius 3 is 2.63 bits per heavy atom. The van der Waals surface area contributed by atoms with E-state index in [0.29, 0.717) is 29.5 Å². The maximum atomic E-state index is 12.8. The standard InChI is InChI=1S/C22H28BrNO3/c1-5-16(4)27-19-8-6-7-18(14-19)24-22(25)20-13-17(23)9-10-21(20)26-12-11-15(2)3/h6-10,13-16H,5,11-12H2,1-4H3,(H,24,25). The summed E-state index contributed by atoms with van der Waals surface area (Å²) in [6.07, 6.45) is 1.99. The summed E-state index contributed by atoms with van der Waals surface area (Å²) < 4.78 is 12.5. The van der Waals surface area contributed by atoms with Crippen molar-refractivity contribution < 1.29 is 14.3 Å². The van der Waals surface area contributed by atoms with Gasteiger partial charge < -0.3 is 14.8 Å². The molecule has 5 heteroatoms. The lowest BCUT2D eigenvalue weighted by Crippen LogP contribution is -2.15. The van der Waals surface area contributed by atoms with Crippen molar-refractivity contribution in [1.29, 1.82) is 0 Å². The summed E-state index contributed by atoms with van der Waals surface area (Å²) in [6.45, 7) is 8.97. The van der Waals surface area contributed by atoms with Crippen LogP contribution in [0.25, 0.3) is 0 Å². The number of anilines is 1. The van der Waals surface area contributed by atoms with Gasteiger partial charge in [-0.25, -0.2) is 0 Å². The molecular formula is C22H28BrNO3. The largest absolute Gasteiger partial charge is 0.493 e. The Hall–Kier alpha value is -2.01. The molecule has 0 aromatic heterocycles. The minimum atomic E-state index is -0.212. The number of carbonyl (C=O) groups is 1. The third-order valence-electron chi connectivity index (χ3n) is 4.14. The molecule has 146 valence electrons. The van der Waals surface area contributed by atoms with Crippen LogP contribution >= 0.6 is 15.9 Å². The van der Waals surface area contributed by atoms with Crippen molar-refractivity contribution >= 4 is 27.5 Å². The summed E-state index contributed by atoms with van der Waals surface area (Å²) in [5.74, 6) is 1.66. The summed E-state index contributed by atoms with van der Waals surface area (Å²) in [4.78, 5) is 12.8. The average Bonchev–Trinajstić information content (AvgIpc) is 2.62. The van der Waals surface area contributed by atoms with E-state index >= 15 is 0 Å². The molecule has 0 spiro atoms. The fraction of sp³-hybridized carbons (Fsp3) is 0.409. The van der Waals surface area contributed by atoms with E-state index in [1.54, 1.807) is 6.07 Å². The van der Waals surface area contributed by atoms with Gasteiger partial charge in [-0.3, -0.25) is 4.79 Å². The molecule has 1 atom stereocenters. The Labute approximate surface area is 170 Å². The van der Waals surface area contributed by atoms with E-state index in [1.165, 1.54) is 0 Å². The van der Waals surface area contributed by atoms with E-state index in [4.69, 9.17) is 9.47 Å². The zero-order chi connectivity index (χ0) is 19.8. The Bertz CT molecular complexity index is 761. The van der Waals surface area contributed by atoms with Gasteiger partial charge in [0.2, 0.25) is 0 Å². The lowest BCUT2D eigenvalue weighted by Gasteiger charge is -2.15. The number of carbonyl (C=O) groups excluding carboxylic acids is 1. The Balaban J connectivity index is 2.13. The van der Waals surface area contributed by atoms with Crippen LogP contribution in [-0.4, -0.2) is 18.6 Å². The number of hydrogen-bond acceptors (Lipinski definition) is 3. The molecule has 0 aliphatic carbocycles. The molecular weight excluding hydrogens is 406 g/mol. The van der Waals surface area contributed by atoms with Crippen LogP contribution in [0.3, 0.4) is 0 Å². The van der Waals surface area contributed by atoms with Gasteiger partial charge in [0.05, 0.1) is 18.3 Å². The summed E-state index contributed by atoms with van der Waals surface area (Å²) >= 11 is 3.43. The predicted molar refractivity (Wildman–Crippen MR) is 114 cm³/mol. The Kier molecular flexibility index (Phi) is 8.17. The first-order valence-electron chi connectivity index (χ1n) is 9.39. The lowest BCUT2D eigenvalue weighted by molar-refractivity contribution is 0.102. The normalized spacial score (nSPS) is 11.9. The zero-order valence-corrected chi connectivity index (χ0v) is 18.0. The van der Waals surface area contributed by atoms with Gasteiger partial charge in [-0.05, 0) is 56.0 Å². The first-order valence-corrected chi connectivity index (χ1v) is 10.2. The highest BCUT2D eigenvalue weighted by Crippen LogP contribution is 2.26. The van der Waals surface area contributed by atoms with Gasteiger partial charge in [-0.2, -0.15) is 0 Å². The van der Waals surface area contributed by atoms with Crippen LogP contribution in [0.5, 0.6) is 11.5 Å². The van der Waals surface area contributed by atoms with Crippen molar-refractivity contribution in [2.24, 2.45) is 5.92 Å². The molecule has 2 aromatic rings. The number of amides is 1. The van der Waals surface area contributed by atoms with Crippen molar-refractivity contribution in [3.05, 3.63) is 52.5 Å². The maximum absolute atomic E-state index is 12.8. The van der Waals surface area contributed by atoms with Crippen molar-refractivity contribution in [2.75, 3.05) is 11.9 Å². The molecule has 0 bridgehead atoms. The SMILES string of the molecule is CCC(C)Oc1cccc(NC(=O)c2cc(Br)ccc2OCCC(C)C)c1. The van der Waals surface area contributed by atoms with Gasteiger partial charge in [0.1, 0.15) is 11.5 Å². The van der Waals surface area contributed by atoms with Crippen molar-refractivity contribution in [3.8, 4) is 11.5 Å². The Morgan fingerprint density at radius 2 is 1.93 bits per heavy atom. The minimum Gasteiger partial charge on any atom is -0.493 e. The molecule has 2 rings (SSSR count). The summed E-state index contributed by atoms with van der Waals surface area (Å²) in [6, 6.07) is 12.9. The van der Waals surface area contributed by atoms with Gasteiger partial charge in [0.25, 0.3) is 5.91 Å². The van der Waals surface area contributed by atoms with Crippen molar-refractivity contribution in [2.45, 2.75) is 46.6 Å². The molecule has 27 heavy (non-hydrogen) atoms. The fourth-order valence-corrected chi connectivity index (χ4v) is 2.73. The zero-order valence-electron chi connectivity index (χ0n) is 16.4. The molecule has 1 amide bonds. The van der Waals surface area contributed by atoms with Gasteiger partial charge in [0.15, 0.2) is 0 Å². The van der Waals surface area contributed by atoms with Gasteiger partial charge >= 0.3 is 0 Å². The lowest BCUT2D eigenvalue weighted by atomic mass is 10.1. The molecule has 0 saturated carbocycles. The van der Waals surface area contributed by atoms with Crippen LogP contribution in [0.15, 0.2) is 46.9 Å². The quantitative estimate of drug-likeness (QED) is 0.504. The molecule has 4 nitrogen and oxygen atoms in total. The van der Waals surface area contributed by atoms with Crippen LogP contribution in [0, 0.1) is 5.92 Å². The topological polar surface area (TPSA) is 47.6 Å². The highest BCUT2D eigenvalue weighted by molar-refractivity contribution is 9.10. The van der Waals surface area contributed by atoms with E-state index < -0.39 is 0 Å². The van der Waals surface area contributed by atoms with Crippen LogP contribution in [-0.2, 0) is 0 Å². The number of benzene rings is 2. The van der Waals surface area contributed by atoms with Crippen molar-refractivity contribution in [3.63, 3.8) is 0 Å². The van der Waals surface area contributed by atoms with Crippen LogP contribution in [0.2, 0.25) is 0 Å². The minimum absolute atomic E-state index is 0.127. The predicted octanol–water partition coefficient (Wildman–Crippen LogP) is 6.30. The first kappa shape index (κ1) is 21.3. The fourth-order valence-electron chi connectivity index (χ4n) is 2.37. The van der Waals surface area contributed by atoms with Crippen LogP contribution < -0.4 is 14.8 Å². The number of hydrogen-bond donors (Lipinski definition) is 1. The van der Waals surface area contributed by atoms with Crippen LogP contribution in [0.4, 0.5) is 5.69 Å². The highest BCUT2D eigenvalue weighted by atomic mass is 79.9. The average molecular weight is 434 g/mol. The molecule has 0 aliphatic rings. The molecule has 0 aliphatic heterocycles. The van der Waals surface area contributed by atoms with E-state index in [2.05, 4.69) is 42.0 Å². The van der Waals surface area contributed by atoms with Gasteiger partial charge in [0, 0.05) is 16.2 Å². The van der Waals surface area contributed by atoms with Gasteiger partial charge in [-0.15, -0.1) is 0 Å². The maximum Gasteiger partial charge on any atom is 0.259 e. The third-order valence-corrected chi connectivity index (χ3v) is 4.64. The summed E-state index contributed by atoms with van der Waals surface area (Å²) in [5, 5.41) is 2.94. The van der Waals surface area contributed by atoms with Gasteiger partial charge in [-0.1, -0.05) is 42.8 Å². The summed E-state index contributed by atoms with van der Waals surface area (Å²) in [7, 11) is 0. The van der Waals surface area contributed by atoms with Crippen molar-refractivity contribution in [1.82, 2.24) is 0 Å². The Morgan fingerprint density at radius 1 is 1.15 bits per heavy atom. The number of nitrogens with one attached hydrogen (secondary N) is 1. The number of ether oxygens (including phenoxy) is 2.